The maximum Gasteiger partial charge on any atom is 0.138 e. The largest absolute Gasteiger partial charge is 0.385 e. The van der Waals surface area contributed by atoms with Gasteiger partial charge in [-0.1, -0.05) is 13.8 Å². The maximum absolute atomic E-state index is 11.8. The van der Waals surface area contributed by atoms with Crippen LogP contribution < -0.4 is 0 Å². The van der Waals surface area contributed by atoms with Crippen molar-refractivity contribution in [2.45, 2.75) is 33.1 Å². The molecule has 0 aromatic heterocycles. The van der Waals surface area contributed by atoms with Crippen molar-refractivity contribution in [3.8, 4) is 0 Å². The molecule has 0 radical (unpaired) electrons. The van der Waals surface area contributed by atoms with Gasteiger partial charge in [-0.25, -0.2) is 0 Å². The van der Waals surface area contributed by atoms with Gasteiger partial charge >= 0.3 is 0 Å². The Bertz CT molecular complexity index is 173. The van der Waals surface area contributed by atoms with Crippen LogP contribution in [0.4, 0.5) is 0 Å². The second-order valence-electron chi connectivity index (χ2n) is 4.21. The van der Waals surface area contributed by atoms with Crippen molar-refractivity contribution in [1.29, 1.82) is 0 Å². The van der Waals surface area contributed by atoms with Crippen LogP contribution in [0.25, 0.3) is 0 Å². The van der Waals surface area contributed by atoms with Crippen LogP contribution in [0.1, 0.15) is 33.1 Å². The molecule has 13 heavy (non-hydrogen) atoms. The molecule has 1 aliphatic carbocycles. The lowest BCUT2D eigenvalue weighted by Gasteiger charge is -2.14. The fraction of sp³-hybridized carbons (Fsp3) is 0.909. The summed E-state index contributed by atoms with van der Waals surface area (Å²) >= 11 is 0. The van der Waals surface area contributed by atoms with Gasteiger partial charge in [0.15, 0.2) is 0 Å². The lowest BCUT2D eigenvalue weighted by Crippen LogP contribution is -2.21. The Labute approximate surface area is 80.7 Å². The van der Waals surface area contributed by atoms with E-state index in [2.05, 4.69) is 6.92 Å². The molecule has 2 nitrogen and oxygen atoms in total. The van der Waals surface area contributed by atoms with Crippen molar-refractivity contribution in [2.75, 3.05) is 13.7 Å². The van der Waals surface area contributed by atoms with Crippen LogP contribution in [0.2, 0.25) is 0 Å². The minimum absolute atomic E-state index is 0.176. The van der Waals surface area contributed by atoms with Crippen molar-refractivity contribution in [3.63, 3.8) is 0 Å². The summed E-state index contributed by atoms with van der Waals surface area (Å²) < 4.78 is 4.97. The van der Waals surface area contributed by atoms with Crippen molar-refractivity contribution < 1.29 is 9.53 Å². The molecule has 0 aromatic rings. The van der Waals surface area contributed by atoms with E-state index >= 15 is 0 Å². The monoisotopic (exact) mass is 184 g/mol. The van der Waals surface area contributed by atoms with Gasteiger partial charge in [0.05, 0.1) is 0 Å². The highest BCUT2D eigenvalue weighted by atomic mass is 16.5. The van der Waals surface area contributed by atoms with Gasteiger partial charge in [-0.15, -0.1) is 0 Å². The number of carbonyl (C=O) groups is 1. The first-order valence-electron chi connectivity index (χ1n) is 5.19. The first kappa shape index (κ1) is 10.7. The molecule has 1 aliphatic rings. The van der Waals surface area contributed by atoms with Gasteiger partial charge < -0.3 is 4.74 Å². The topological polar surface area (TPSA) is 26.3 Å². The molecule has 0 bridgehead atoms. The summed E-state index contributed by atoms with van der Waals surface area (Å²) in [5.41, 5.74) is 0. The van der Waals surface area contributed by atoms with Crippen LogP contribution in [-0.4, -0.2) is 19.5 Å². The Morgan fingerprint density at radius 3 is 2.54 bits per heavy atom. The number of ether oxygens (including phenoxy) is 1. The smallest absolute Gasteiger partial charge is 0.138 e. The van der Waals surface area contributed by atoms with Gasteiger partial charge in [0.25, 0.3) is 0 Å². The van der Waals surface area contributed by atoms with Gasteiger partial charge in [-0.3, -0.25) is 4.79 Å². The molecule has 2 unspecified atom stereocenters. The fourth-order valence-corrected chi connectivity index (χ4v) is 1.71. The Morgan fingerprint density at radius 1 is 1.46 bits per heavy atom. The normalized spacial score (nSPS) is 21.2. The molecule has 0 spiro atoms. The highest BCUT2D eigenvalue weighted by Crippen LogP contribution is 2.38. The van der Waals surface area contributed by atoms with Crippen molar-refractivity contribution >= 4 is 5.78 Å². The average Bonchev–Trinajstić information content (AvgIpc) is 2.94. The van der Waals surface area contributed by atoms with E-state index < -0.39 is 0 Å². The van der Waals surface area contributed by atoms with Gasteiger partial charge in [0.2, 0.25) is 0 Å². The van der Waals surface area contributed by atoms with Gasteiger partial charge in [-0.2, -0.15) is 0 Å². The molecular weight excluding hydrogens is 164 g/mol. The summed E-state index contributed by atoms with van der Waals surface area (Å²) in [7, 11) is 1.68. The van der Waals surface area contributed by atoms with Crippen molar-refractivity contribution in [3.05, 3.63) is 0 Å². The highest BCUT2D eigenvalue weighted by molar-refractivity contribution is 5.83. The molecule has 2 atom stereocenters. The molecule has 1 saturated carbocycles. The Hall–Kier alpha value is -0.370. The third-order valence-electron chi connectivity index (χ3n) is 3.02. The van der Waals surface area contributed by atoms with Crippen LogP contribution in [0.3, 0.4) is 0 Å². The van der Waals surface area contributed by atoms with Gasteiger partial charge in [0.1, 0.15) is 5.78 Å². The molecular formula is C11H20O2. The van der Waals surface area contributed by atoms with Crippen LogP contribution in [0.5, 0.6) is 0 Å². The number of methoxy groups -OCH3 is 1. The molecule has 0 N–H and O–H groups in total. The van der Waals surface area contributed by atoms with Crippen molar-refractivity contribution in [2.24, 2.45) is 17.8 Å². The third-order valence-corrected chi connectivity index (χ3v) is 3.02. The summed E-state index contributed by atoms with van der Waals surface area (Å²) in [5.74, 6) is 1.58. The van der Waals surface area contributed by atoms with Crippen LogP contribution in [0.15, 0.2) is 0 Å². The van der Waals surface area contributed by atoms with Gasteiger partial charge in [-0.05, 0) is 25.2 Å². The van der Waals surface area contributed by atoms with Gasteiger partial charge in [0, 0.05) is 25.6 Å². The first-order valence-corrected chi connectivity index (χ1v) is 5.19. The fourth-order valence-electron chi connectivity index (χ4n) is 1.71. The standard InChI is InChI=1S/C11H20O2/c1-8(6-7-13-3)11(12)9(2)10-4-5-10/h8-10H,4-7H2,1-3H3. The lowest BCUT2D eigenvalue weighted by atomic mass is 9.90. The van der Waals surface area contributed by atoms with E-state index in [-0.39, 0.29) is 11.8 Å². The van der Waals surface area contributed by atoms with E-state index in [4.69, 9.17) is 4.74 Å². The molecule has 0 aromatic carbocycles. The van der Waals surface area contributed by atoms with Crippen LogP contribution in [-0.2, 0) is 9.53 Å². The molecule has 0 aliphatic heterocycles. The summed E-state index contributed by atoms with van der Waals surface area (Å²) in [6.45, 7) is 4.79. The summed E-state index contributed by atoms with van der Waals surface area (Å²) in [6, 6.07) is 0. The Kier molecular flexibility index (Phi) is 3.91. The molecule has 2 heteroatoms. The van der Waals surface area contributed by atoms with E-state index in [1.807, 2.05) is 6.92 Å². The number of rotatable bonds is 6. The van der Waals surface area contributed by atoms with E-state index in [0.717, 1.165) is 6.42 Å². The molecule has 0 amide bonds. The second kappa shape index (κ2) is 4.75. The average molecular weight is 184 g/mol. The predicted molar refractivity (Wildman–Crippen MR) is 52.6 cm³/mol. The summed E-state index contributed by atoms with van der Waals surface area (Å²) in [6.07, 6.45) is 3.38. The van der Waals surface area contributed by atoms with Crippen LogP contribution in [0, 0.1) is 17.8 Å². The minimum Gasteiger partial charge on any atom is -0.385 e. The van der Waals surface area contributed by atoms with Crippen LogP contribution >= 0.6 is 0 Å². The van der Waals surface area contributed by atoms with E-state index in [1.165, 1.54) is 12.8 Å². The summed E-state index contributed by atoms with van der Waals surface area (Å²) in [5, 5.41) is 0. The second-order valence-corrected chi connectivity index (χ2v) is 4.21. The molecule has 1 rings (SSSR count). The maximum atomic E-state index is 11.8. The predicted octanol–water partition coefficient (Wildman–Crippen LogP) is 2.27. The zero-order valence-electron chi connectivity index (χ0n) is 8.88. The lowest BCUT2D eigenvalue weighted by molar-refractivity contribution is -0.126. The zero-order valence-corrected chi connectivity index (χ0v) is 8.88. The SMILES string of the molecule is COCCC(C)C(=O)C(C)C1CC1. The number of Topliss-reactive ketones (excluding diaryl/α,β-unsaturated/α-hetero) is 1. The first-order chi connectivity index (χ1) is 6.16. The molecule has 76 valence electrons. The summed E-state index contributed by atoms with van der Waals surface area (Å²) in [4.78, 5) is 11.8. The molecule has 0 saturated heterocycles. The number of hydrogen-bond donors (Lipinski definition) is 0. The van der Waals surface area contributed by atoms with E-state index in [9.17, 15) is 4.79 Å². The quantitative estimate of drug-likeness (QED) is 0.633. The molecule has 1 fully saturated rings. The van der Waals surface area contributed by atoms with Crippen molar-refractivity contribution in [1.82, 2.24) is 0 Å². The Balaban J connectivity index is 2.27. The zero-order chi connectivity index (χ0) is 9.84. The third kappa shape index (κ3) is 3.11. The highest BCUT2D eigenvalue weighted by Gasteiger charge is 2.34. The number of ketones is 1. The minimum atomic E-state index is 0.176. The molecule has 0 heterocycles. The van der Waals surface area contributed by atoms with E-state index in [1.54, 1.807) is 7.11 Å². The number of hydrogen-bond acceptors (Lipinski definition) is 2. The Morgan fingerprint density at radius 2 is 2.08 bits per heavy atom. The number of carbonyl (C=O) groups excluding carboxylic acids is 1. The van der Waals surface area contributed by atoms with E-state index in [0.29, 0.717) is 18.3 Å².